The molecular weight excluding hydrogens is 244 g/mol. The molecule has 0 radical (unpaired) electrons. The van der Waals surface area contributed by atoms with Crippen LogP contribution in [0.1, 0.15) is 34.8 Å². The third-order valence-electron chi connectivity index (χ3n) is 3.18. The summed E-state index contributed by atoms with van der Waals surface area (Å²) >= 11 is 0. The number of carbonyl (C=O) groups is 1. The summed E-state index contributed by atoms with van der Waals surface area (Å²) in [7, 11) is 0. The van der Waals surface area contributed by atoms with Gasteiger partial charge in [-0.25, -0.2) is 4.79 Å². The lowest BCUT2D eigenvalue weighted by atomic mass is 10.1. The monoisotopic (exact) mass is 256 g/mol. The number of carboxylic acids is 1. The van der Waals surface area contributed by atoms with Crippen molar-refractivity contribution in [2.45, 2.75) is 18.8 Å². The van der Waals surface area contributed by atoms with E-state index in [0.717, 1.165) is 17.5 Å². The van der Waals surface area contributed by atoms with Gasteiger partial charge in [-0.2, -0.15) is 9.78 Å². The second-order valence-corrected chi connectivity index (χ2v) is 4.61. The molecule has 1 aromatic carbocycles. The minimum Gasteiger partial charge on any atom is -0.476 e. The van der Waals surface area contributed by atoms with Crippen LogP contribution in [-0.2, 0) is 0 Å². The quantitative estimate of drug-likeness (QED) is 0.909. The minimum absolute atomic E-state index is 0.0223. The largest absolute Gasteiger partial charge is 0.476 e. The lowest BCUT2D eigenvalue weighted by molar-refractivity contribution is 0.0687. The zero-order chi connectivity index (χ0) is 13.4. The van der Waals surface area contributed by atoms with Crippen molar-refractivity contribution in [3.8, 4) is 5.69 Å². The molecule has 0 atom stereocenters. The van der Waals surface area contributed by atoms with Crippen LogP contribution in [0.3, 0.4) is 0 Å². The number of aromatic nitrogens is 2. The highest BCUT2D eigenvalue weighted by molar-refractivity contribution is 5.87. The molecule has 1 fully saturated rings. The van der Waals surface area contributed by atoms with Crippen LogP contribution >= 0.6 is 0 Å². The third-order valence-corrected chi connectivity index (χ3v) is 3.18. The van der Waals surface area contributed by atoms with E-state index < -0.39 is 5.97 Å². The lowest BCUT2D eigenvalue weighted by Crippen LogP contribution is -2.25. The molecule has 5 heteroatoms. The molecule has 5 nitrogen and oxygen atoms in total. The third kappa shape index (κ3) is 2.14. The van der Waals surface area contributed by atoms with Crippen LogP contribution in [0.4, 0.5) is 0 Å². The van der Waals surface area contributed by atoms with Gasteiger partial charge in [0.15, 0.2) is 5.69 Å². The molecule has 1 aromatic heterocycles. The first-order valence-electron chi connectivity index (χ1n) is 6.10. The molecule has 0 aliphatic heterocycles. The maximum Gasteiger partial charge on any atom is 0.356 e. The van der Waals surface area contributed by atoms with Crippen LogP contribution < -0.4 is 5.56 Å². The molecule has 3 rings (SSSR count). The van der Waals surface area contributed by atoms with Crippen molar-refractivity contribution in [2.24, 2.45) is 0 Å². The van der Waals surface area contributed by atoms with Crippen molar-refractivity contribution < 1.29 is 9.90 Å². The van der Waals surface area contributed by atoms with Gasteiger partial charge < -0.3 is 5.11 Å². The highest BCUT2D eigenvalue weighted by atomic mass is 16.4. The van der Waals surface area contributed by atoms with Gasteiger partial charge in [0.25, 0.3) is 5.56 Å². The molecular formula is C14H12N2O3. The van der Waals surface area contributed by atoms with Gasteiger partial charge in [0.1, 0.15) is 0 Å². The van der Waals surface area contributed by atoms with Crippen molar-refractivity contribution >= 4 is 5.97 Å². The van der Waals surface area contributed by atoms with E-state index in [1.807, 2.05) is 6.07 Å². The number of aromatic carboxylic acids is 1. The Bertz CT molecular complexity index is 688. The molecule has 0 spiro atoms. The molecule has 1 aliphatic carbocycles. The summed E-state index contributed by atoms with van der Waals surface area (Å²) in [6.07, 6.45) is 1.85. The van der Waals surface area contributed by atoms with E-state index >= 15 is 0 Å². The lowest BCUT2D eigenvalue weighted by Gasteiger charge is -2.08. The molecule has 0 bridgehead atoms. The summed E-state index contributed by atoms with van der Waals surface area (Å²) in [6.45, 7) is 0. The Morgan fingerprint density at radius 1 is 1.26 bits per heavy atom. The van der Waals surface area contributed by atoms with Gasteiger partial charge in [0, 0.05) is 6.07 Å². The second kappa shape index (κ2) is 4.35. The maximum atomic E-state index is 12.1. The molecule has 0 amide bonds. The standard InChI is InChI=1S/C14H12N2O3/c17-12-8-11(9-6-7-9)13(14(18)19)15-16(12)10-4-2-1-3-5-10/h1-5,8-9H,6-7H2,(H,18,19). The normalized spacial score (nSPS) is 14.3. The Balaban J connectivity index is 2.19. The molecule has 0 unspecified atom stereocenters. The Morgan fingerprint density at radius 2 is 1.95 bits per heavy atom. The Morgan fingerprint density at radius 3 is 2.53 bits per heavy atom. The number of nitrogens with zero attached hydrogens (tertiary/aromatic N) is 2. The molecule has 1 aliphatic rings. The minimum atomic E-state index is -1.09. The predicted molar refractivity (Wildman–Crippen MR) is 68.8 cm³/mol. The van der Waals surface area contributed by atoms with Crippen LogP contribution in [0, 0.1) is 0 Å². The molecule has 0 saturated heterocycles. The summed E-state index contributed by atoms with van der Waals surface area (Å²) in [6, 6.07) is 10.2. The Hall–Kier alpha value is -2.43. The predicted octanol–water partition coefficient (Wildman–Crippen LogP) is 1.81. The highest BCUT2D eigenvalue weighted by Crippen LogP contribution is 2.40. The SMILES string of the molecule is O=C(O)c1nn(-c2ccccc2)c(=O)cc1C1CC1. The van der Waals surface area contributed by atoms with E-state index in [9.17, 15) is 14.7 Å². The van der Waals surface area contributed by atoms with Crippen LogP contribution in [0.25, 0.3) is 5.69 Å². The Labute approximate surface area is 109 Å². The topological polar surface area (TPSA) is 72.2 Å². The fraction of sp³-hybridized carbons (Fsp3) is 0.214. The van der Waals surface area contributed by atoms with Crippen molar-refractivity contribution in [3.05, 3.63) is 58.0 Å². The fourth-order valence-corrected chi connectivity index (χ4v) is 2.10. The zero-order valence-corrected chi connectivity index (χ0v) is 10.1. The highest BCUT2D eigenvalue weighted by Gasteiger charge is 2.30. The number of benzene rings is 1. The number of para-hydroxylation sites is 1. The summed E-state index contributed by atoms with van der Waals surface area (Å²) in [4.78, 5) is 23.3. The van der Waals surface area contributed by atoms with E-state index in [0.29, 0.717) is 11.3 Å². The van der Waals surface area contributed by atoms with Crippen LogP contribution in [0.15, 0.2) is 41.2 Å². The zero-order valence-electron chi connectivity index (χ0n) is 10.1. The van der Waals surface area contributed by atoms with Crippen LogP contribution in [-0.4, -0.2) is 20.9 Å². The van der Waals surface area contributed by atoms with Gasteiger partial charge in [0.2, 0.25) is 0 Å². The maximum absolute atomic E-state index is 12.1. The van der Waals surface area contributed by atoms with Gasteiger partial charge in [-0.15, -0.1) is 0 Å². The van der Waals surface area contributed by atoms with Crippen molar-refractivity contribution in [3.63, 3.8) is 0 Å². The van der Waals surface area contributed by atoms with E-state index in [-0.39, 0.29) is 17.2 Å². The van der Waals surface area contributed by atoms with Crippen molar-refractivity contribution in [1.29, 1.82) is 0 Å². The first kappa shape index (κ1) is 11.6. The molecule has 1 saturated carbocycles. The number of hydrogen-bond donors (Lipinski definition) is 1. The molecule has 1 N–H and O–H groups in total. The molecule has 2 aromatic rings. The summed E-state index contributed by atoms with van der Waals surface area (Å²) in [5, 5.41) is 13.2. The first-order chi connectivity index (χ1) is 9.16. The van der Waals surface area contributed by atoms with Gasteiger partial charge in [-0.3, -0.25) is 4.79 Å². The van der Waals surface area contributed by atoms with Gasteiger partial charge in [-0.05, 0) is 36.5 Å². The van der Waals surface area contributed by atoms with Gasteiger partial charge in [-0.1, -0.05) is 18.2 Å². The second-order valence-electron chi connectivity index (χ2n) is 4.61. The van der Waals surface area contributed by atoms with E-state index in [1.54, 1.807) is 24.3 Å². The summed E-state index contributed by atoms with van der Waals surface area (Å²) in [5.41, 5.74) is 0.811. The van der Waals surface area contributed by atoms with Crippen LogP contribution in [0.2, 0.25) is 0 Å². The van der Waals surface area contributed by atoms with E-state index in [4.69, 9.17) is 0 Å². The molecule has 1 heterocycles. The fourth-order valence-electron chi connectivity index (χ4n) is 2.10. The van der Waals surface area contributed by atoms with Crippen molar-refractivity contribution in [1.82, 2.24) is 9.78 Å². The molecule has 19 heavy (non-hydrogen) atoms. The number of carboxylic acid groups (broad SMARTS) is 1. The van der Waals surface area contributed by atoms with E-state index in [1.165, 1.54) is 6.07 Å². The number of hydrogen-bond acceptors (Lipinski definition) is 3. The average molecular weight is 256 g/mol. The summed E-state index contributed by atoms with van der Waals surface area (Å²) < 4.78 is 1.13. The summed E-state index contributed by atoms with van der Waals surface area (Å²) in [5.74, 6) is -0.914. The smallest absolute Gasteiger partial charge is 0.356 e. The molecule has 96 valence electrons. The van der Waals surface area contributed by atoms with Gasteiger partial charge >= 0.3 is 5.97 Å². The average Bonchev–Trinajstić information content (AvgIpc) is 3.23. The van der Waals surface area contributed by atoms with Crippen molar-refractivity contribution in [2.75, 3.05) is 0 Å². The first-order valence-corrected chi connectivity index (χ1v) is 6.10. The van der Waals surface area contributed by atoms with Gasteiger partial charge in [0.05, 0.1) is 5.69 Å². The Kier molecular flexibility index (Phi) is 2.67. The van der Waals surface area contributed by atoms with E-state index in [2.05, 4.69) is 5.10 Å². The van der Waals surface area contributed by atoms with Crippen LogP contribution in [0.5, 0.6) is 0 Å². The number of rotatable bonds is 3.